The number of benzene rings is 2. The van der Waals surface area contributed by atoms with Crippen molar-refractivity contribution < 1.29 is 18.3 Å². The van der Waals surface area contributed by atoms with Crippen LogP contribution in [0, 0.1) is 6.92 Å². The Kier molecular flexibility index (Phi) is 6.78. The number of aryl methyl sites for hydroxylation is 4. The Balaban J connectivity index is 1.67. The van der Waals surface area contributed by atoms with Crippen molar-refractivity contribution in [2.24, 2.45) is 14.1 Å². The van der Waals surface area contributed by atoms with Crippen molar-refractivity contribution >= 4 is 28.4 Å². The fourth-order valence-electron chi connectivity index (χ4n) is 5.65. The van der Waals surface area contributed by atoms with Gasteiger partial charge in [0.05, 0.1) is 18.1 Å². The lowest BCUT2D eigenvalue weighted by Crippen LogP contribution is -2.25. The molecule has 204 valence electrons. The first kappa shape index (κ1) is 26.6. The number of rotatable bonds is 5. The number of aromatic nitrogens is 3. The average molecular weight is 535 g/mol. The van der Waals surface area contributed by atoms with E-state index in [9.17, 15) is 18.4 Å². The van der Waals surface area contributed by atoms with Gasteiger partial charge in [-0.2, -0.15) is 0 Å². The Bertz CT molecular complexity index is 1670. The third kappa shape index (κ3) is 4.39. The number of methoxy groups -OCH3 is 1. The van der Waals surface area contributed by atoms with Crippen molar-refractivity contribution in [3.8, 4) is 11.1 Å². The van der Waals surface area contributed by atoms with E-state index in [-0.39, 0.29) is 22.9 Å². The highest BCUT2D eigenvalue weighted by atomic mass is 19.3. The second-order valence-corrected chi connectivity index (χ2v) is 10.5. The number of anilines is 2. The highest BCUT2D eigenvalue weighted by molar-refractivity contribution is 5.90. The molecule has 0 spiro atoms. The third-order valence-corrected chi connectivity index (χ3v) is 7.68. The number of carbonyl (C=O) groups is 1. The van der Waals surface area contributed by atoms with Gasteiger partial charge in [-0.25, -0.2) is 23.4 Å². The van der Waals surface area contributed by atoms with Gasteiger partial charge in [0.25, 0.3) is 6.43 Å². The normalized spacial score (nSPS) is 13.4. The third-order valence-electron chi connectivity index (χ3n) is 7.68. The van der Waals surface area contributed by atoms with Crippen molar-refractivity contribution in [1.82, 2.24) is 14.1 Å². The minimum atomic E-state index is -2.71. The molecule has 0 aliphatic carbocycles. The Morgan fingerprint density at radius 2 is 1.79 bits per heavy atom. The molecule has 9 heteroatoms. The van der Waals surface area contributed by atoms with Crippen molar-refractivity contribution in [2.45, 2.75) is 46.0 Å². The smallest absolute Gasteiger partial charge is 0.356 e. The molecule has 1 aliphatic heterocycles. The molecule has 4 aromatic rings. The molecule has 0 amide bonds. The summed E-state index contributed by atoms with van der Waals surface area (Å²) in [6.07, 6.45) is 0.338. The zero-order valence-electron chi connectivity index (χ0n) is 23.0. The molecule has 0 atom stereocenters. The van der Waals surface area contributed by atoms with Crippen LogP contribution in [-0.4, -0.2) is 33.7 Å². The summed E-state index contributed by atoms with van der Waals surface area (Å²) in [7, 11) is 4.81. The lowest BCUT2D eigenvalue weighted by molar-refractivity contribution is 0.0593. The summed E-state index contributed by atoms with van der Waals surface area (Å²) >= 11 is 0. The number of alkyl halides is 2. The van der Waals surface area contributed by atoms with E-state index in [1.165, 1.54) is 13.3 Å². The largest absolute Gasteiger partial charge is 0.464 e. The quantitative estimate of drug-likeness (QED) is 0.286. The van der Waals surface area contributed by atoms with E-state index in [2.05, 4.69) is 29.8 Å². The van der Waals surface area contributed by atoms with Crippen LogP contribution in [0.25, 0.3) is 22.2 Å². The van der Waals surface area contributed by atoms with Crippen LogP contribution < -0.4 is 10.6 Å². The monoisotopic (exact) mass is 534 g/mol. The Labute approximate surface area is 225 Å². The molecule has 0 N–H and O–H groups in total. The van der Waals surface area contributed by atoms with Gasteiger partial charge in [-0.15, -0.1) is 0 Å². The van der Waals surface area contributed by atoms with Gasteiger partial charge in [0.1, 0.15) is 0 Å². The van der Waals surface area contributed by atoms with E-state index in [1.54, 1.807) is 42.3 Å². The van der Waals surface area contributed by atoms with Gasteiger partial charge in [-0.1, -0.05) is 13.8 Å². The Morgan fingerprint density at radius 3 is 2.44 bits per heavy atom. The average Bonchev–Trinajstić information content (AvgIpc) is 3.14. The number of pyridine rings is 1. The van der Waals surface area contributed by atoms with Crippen LogP contribution in [0.3, 0.4) is 0 Å². The number of carbonyl (C=O) groups excluding carboxylic acids is 1. The summed E-state index contributed by atoms with van der Waals surface area (Å²) in [6, 6.07) is 9.17. The van der Waals surface area contributed by atoms with Crippen LogP contribution >= 0.6 is 0 Å². The number of esters is 1. The Hall–Kier alpha value is -4.01. The molecule has 1 aliphatic rings. The predicted molar refractivity (Wildman–Crippen MR) is 148 cm³/mol. The summed E-state index contributed by atoms with van der Waals surface area (Å²) in [5.74, 6) is -0.407. The minimum Gasteiger partial charge on any atom is -0.464 e. The van der Waals surface area contributed by atoms with E-state index in [4.69, 9.17) is 4.74 Å². The number of fused-ring (bicyclic) bond motifs is 2. The predicted octanol–water partition coefficient (Wildman–Crippen LogP) is 6.18. The van der Waals surface area contributed by atoms with Gasteiger partial charge in [0.2, 0.25) is 0 Å². The molecule has 2 aromatic heterocycles. The molecule has 0 fully saturated rings. The molecule has 7 nitrogen and oxygen atoms in total. The van der Waals surface area contributed by atoms with Crippen LogP contribution in [-0.2, 0) is 25.3 Å². The van der Waals surface area contributed by atoms with Crippen LogP contribution in [0.4, 0.5) is 20.2 Å². The first-order valence-corrected chi connectivity index (χ1v) is 13.0. The van der Waals surface area contributed by atoms with Crippen molar-refractivity contribution in [3.05, 3.63) is 75.0 Å². The number of ether oxygens (including phenoxy) is 1. The summed E-state index contributed by atoms with van der Waals surface area (Å²) in [6.45, 7) is 6.56. The fraction of sp³-hybridized carbons (Fsp3) is 0.367. The molecule has 0 radical (unpaired) electrons. The van der Waals surface area contributed by atoms with E-state index >= 15 is 0 Å². The number of nitrogens with zero attached hydrogens (tertiary/aromatic N) is 4. The van der Waals surface area contributed by atoms with Crippen molar-refractivity contribution in [3.63, 3.8) is 0 Å². The van der Waals surface area contributed by atoms with Crippen molar-refractivity contribution in [2.75, 3.05) is 18.6 Å². The van der Waals surface area contributed by atoms with Crippen LogP contribution in [0.1, 0.15) is 65.4 Å². The summed E-state index contributed by atoms with van der Waals surface area (Å²) in [5, 5.41) is 0. The summed E-state index contributed by atoms with van der Waals surface area (Å²) in [4.78, 5) is 31.0. The maximum absolute atomic E-state index is 14.5. The molecule has 2 aromatic carbocycles. The highest BCUT2D eigenvalue weighted by Crippen LogP contribution is 2.42. The van der Waals surface area contributed by atoms with Crippen molar-refractivity contribution in [1.29, 1.82) is 0 Å². The Morgan fingerprint density at radius 1 is 1.05 bits per heavy atom. The zero-order chi connectivity index (χ0) is 28.2. The summed E-state index contributed by atoms with van der Waals surface area (Å²) < 4.78 is 37.1. The second kappa shape index (κ2) is 9.94. The lowest BCUT2D eigenvalue weighted by Gasteiger charge is -2.33. The molecule has 0 unspecified atom stereocenters. The van der Waals surface area contributed by atoms with Gasteiger partial charge < -0.3 is 9.64 Å². The van der Waals surface area contributed by atoms with Crippen LogP contribution in [0.5, 0.6) is 0 Å². The molecule has 0 saturated heterocycles. The van der Waals surface area contributed by atoms with Crippen LogP contribution in [0.2, 0.25) is 0 Å². The number of hydrogen-bond donors (Lipinski definition) is 0. The topological polar surface area (TPSA) is 69.4 Å². The van der Waals surface area contributed by atoms with Gasteiger partial charge in [0, 0.05) is 49.3 Å². The van der Waals surface area contributed by atoms with Gasteiger partial charge >= 0.3 is 11.7 Å². The second-order valence-electron chi connectivity index (χ2n) is 10.5. The van der Waals surface area contributed by atoms with E-state index in [1.807, 2.05) is 12.1 Å². The number of imidazole rings is 1. The molecule has 39 heavy (non-hydrogen) atoms. The van der Waals surface area contributed by atoms with E-state index in [0.717, 1.165) is 46.4 Å². The maximum Gasteiger partial charge on any atom is 0.356 e. The minimum absolute atomic E-state index is 0.0926. The first-order chi connectivity index (χ1) is 18.5. The summed E-state index contributed by atoms with van der Waals surface area (Å²) in [5.41, 5.74) is 6.77. The highest BCUT2D eigenvalue weighted by Gasteiger charge is 2.26. The fourth-order valence-corrected chi connectivity index (χ4v) is 5.65. The van der Waals surface area contributed by atoms with Gasteiger partial charge in [-0.3, -0.25) is 9.13 Å². The van der Waals surface area contributed by atoms with E-state index < -0.39 is 12.4 Å². The zero-order valence-corrected chi connectivity index (χ0v) is 23.0. The number of hydrogen-bond acceptors (Lipinski definition) is 5. The first-order valence-electron chi connectivity index (χ1n) is 13.0. The molecule has 0 bridgehead atoms. The standard InChI is InChI=1S/C30H32F2N4O3/c1-16(2)21-12-20(13-25-27(21)35(5)30(38)34(25)4)36-9-7-8-18-11-22(23(28(31)32)14-24(18)36)19-10-17(3)26(33-15-19)29(37)39-6/h10-16,28H,7-9H2,1-6H3. The molecule has 5 rings (SSSR count). The lowest BCUT2D eigenvalue weighted by atomic mass is 9.91. The molecular formula is C30H32F2N4O3. The SMILES string of the molecule is COC(=O)c1ncc(-c2cc3c(cc2C(F)F)N(c2cc(C(C)C)c4c(c2)n(C)c(=O)n4C)CCC3)cc1C. The van der Waals surface area contributed by atoms with Gasteiger partial charge in [0.15, 0.2) is 5.69 Å². The van der Waals surface area contributed by atoms with Crippen LogP contribution in [0.15, 0.2) is 41.3 Å². The van der Waals surface area contributed by atoms with Gasteiger partial charge in [-0.05, 0) is 78.3 Å². The van der Waals surface area contributed by atoms with E-state index in [0.29, 0.717) is 23.2 Å². The maximum atomic E-state index is 14.5. The molecule has 0 saturated carbocycles. The molecular weight excluding hydrogens is 502 g/mol. The number of halogens is 2. The molecule has 3 heterocycles.